The van der Waals surface area contributed by atoms with Crippen molar-refractivity contribution in [3.63, 3.8) is 0 Å². The minimum Gasteiger partial charge on any atom is -0.226 e. The molecule has 0 spiro atoms. The molecule has 0 bridgehead atoms. The zero-order valence-electron chi connectivity index (χ0n) is 33.1. The maximum absolute atomic E-state index is 5.36. The maximum Gasteiger partial charge on any atom is 0.164 e. The lowest BCUT2D eigenvalue weighted by Crippen LogP contribution is -2.00. The van der Waals surface area contributed by atoms with Crippen molar-refractivity contribution in [1.29, 1.82) is 0 Å². The second-order valence-corrected chi connectivity index (χ2v) is 17.4. The van der Waals surface area contributed by atoms with Gasteiger partial charge in [-0.15, -0.1) is 22.7 Å². The Morgan fingerprint density at radius 3 is 1.56 bits per heavy atom. The van der Waals surface area contributed by atoms with Crippen LogP contribution in [0.2, 0.25) is 0 Å². The fourth-order valence-electron chi connectivity index (χ4n) is 8.35. The highest BCUT2D eigenvalue weighted by atomic mass is 32.1. The van der Waals surface area contributed by atoms with Gasteiger partial charge in [-0.3, -0.25) is 0 Å². The van der Waals surface area contributed by atoms with Crippen LogP contribution in [0.15, 0.2) is 200 Å². The van der Waals surface area contributed by atoms with E-state index in [1.165, 1.54) is 25.0 Å². The number of rotatable bonds is 7. The van der Waals surface area contributed by atoms with E-state index in [9.17, 15) is 0 Å². The Morgan fingerprint density at radius 1 is 0.290 bits per heavy atom. The average Bonchev–Trinajstić information content (AvgIpc) is 3.93. The molecule has 0 radical (unpaired) electrons. The number of benzene rings is 8. The minimum absolute atomic E-state index is 0.649. The number of nitrogens with zero attached hydrogens (tertiary/aromatic N) is 5. The molecule has 7 heteroatoms. The van der Waals surface area contributed by atoms with Crippen LogP contribution in [0.1, 0.15) is 0 Å². The SMILES string of the molecule is c1ccc(-c2cccc(-c3nc(-c4cccc(-c5ccc6c(c5)sc5cccc(-c7nc(-c8ccccc8)nc(-c8ccccc8)n7)c56)c4)nc4c3sc3ccccc34)c2)cc1. The van der Waals surface area contributed by atoms with Gasteiger partial charge in [0.1, 0.15) is 0 Å². The molecular weight excluding hydrogens is 795 g/mol. The first-order valence-corrected chi connectivity index (χ1v) is 22.1. The van der Waals surface area contributed by atoms with Gasteiger partial charge in [0.25, 0.3) is 0 Å². The van der Waals surface area contributed by atoms with Gasteiger partial charge >= 0.3 is 0 Å². The van der Waals surface area contributed by atoms with Crippen molar-refractivity contribution in [2.24, 2.45) is 0 Å². The van der Waals surface area contributed by atoms with E-state index < -0.39 is 0 Å². The Morgan fingerprint density at radius 2 is 0.823 bits per heavy atom. The smallest absolute Gasteiger partial charge is 0.164 e. The van der Waals surface area contributed by atoms with Crippen molar-refractivity contribution < 1.29 is 0 Å². The second kappa shape index (κ2) is 15.1. The molecule has 12 rings (SSSR count). The largest absolute Gasteiger partial charge is 0.226 e. The Bertz CT molecular complexity index is 3580. The van der Waals surface area contributed by atoms with Crippen molar-refractivity contribution in [3.8, 4) is 79.1 Å². The Kier molecular flexibility index (Phi) is 8.80. The summed E-state index contributed by atoms with van der Waals surface area (Å²) < 4.78 is 4.67. The van der Waals surface area contributed by atoms with Crippen molar-refractivity contribution >= 4 is 63.1 Å². The monoisotopic (exact) mass is 827 g/mol. The summed E-state index contributed by atoms with van der Waals surface area (Å²) in [5, 5.41) is 3.46. The molecule has 0 amide bonds. The van der Waals surface area contributed by atoms with Crippen LogP contribution < -0.4 is 0 Å². The fraction of sp³-hybridized carbons (Fsp3) is 0. The summed E-state index contributed by atoms with van der Waals surface area (Å²) >= 11 is 3.54. The van der Waals surface area contributed by atoms with Crippen LogP contribution in [0.25, 0.3) is 120 Å². The van der Waals surface area contributed by atoms with Gasteiger partial charge in [0.2, 0.25) is 0 Å². The van der Waals surface area contributed by atoms with Gasteiger partial charge in [-0.1, -0.05) is 170 Å². The van der Waals surface area contributed by atoms with Crippen LogP contribution in [0.5, 0.6) is 0 Å². The highest BCUT2D eigenvalue weighted by Crippen LogP contribution is 2.43. The van der Waals surface area contributed by atoms with Gasteiger partial charge < -0.3 is 0 Å². The molecule has 0 saturated heterocycles. The van der Waals surface area contributed by atoms with Crippen molar-refractivity contribution in [2.75, 3.05) is 0 Å². The molecule has 0 unspecified atom stereocenters. The summed E-state index contributed by atoms with van der Waals surface area (Å²) in [6, 6.07) is 69.8. The topological polar surface area (TPSA) is 64.5 Å². The molecule has 290 valence electrons. The number of hydrogen-bond acceptors (Lipinski definition) is 7. The van der Waals surface area contributed by atoms with Gasteiger partial charge in [0.15, 0.2) is 23.3 Å². The Balaban J connectivity index is 0.965. The third kappa shape index (κ3) is 6.43. The maximum atomic E-state index is 5.36. The van der Waals surface area contributed by atoms with Gasteiger partial charge in [-0.2, -0.15) is 0 Å². The van der Waals surface area contributed by atoms with Crippen LogP contribution in [0.3, 0.4) is 0 Å². The van der Waals surface area contributed by atoms with Crippen LogP contribution in [-0.4, -0.2) is 24.9 Å². The zero-order valence-corrected chi connectivity index (χ0v) is 34.7. The van der Waals surface area contributed by atoms with Gasteiger partial charge in [0.05, 0.1) is 15.9 Å². The molecule has 0 aliphatic carbocycles. The fourth-order valence-corrected chi connectivity index (χ4v) is 10.7. The summed E-state index contributed by atoms with van der Waals surface area (Å²) in [4.78, 5) is 25.8. The molecule has 0 N–H and O–H groups in total. The van der Waals surface area contributed by atoms with E-state index in [-0.39, 0.29) is 0 Å². The van der Waals surface area contributed by atoms with Crippen LogP contribution in [0, 0.1) is 0 Å². The first kappa shape index (κ1) is 36.2. The van der Waals surface area contributed by atoms with E-state index in [2.05, 4.69) is 140 Å². The highest BCUT2D eigenvalue weighted by Gasteiger charge is 2.20. The molecule has 8 aromatic carbocycles. The number of thiophene rings is 2. The Labute approximate surface area is 365 Å². The van der Waals surface area contributed by atoms with Crippen molar-refractivity contribution in [2.45, 2.75) is 0 Å². The van der Waals surface area contributed by atoms with E-state index in [1.807, 2.05) is 60.7 Å². The lowest BCUT2D eigenvalue weighted by molar-refractivity contribution is 1.08. The minimum atomic E-state index is 0.649. The molecule has 0 aliphatic heterocycles. The summed E-state index contributed by atoms with van der Waals surface area (Å²) in [5.41, 5.74) is 11.4. The molecule has 4 aromatic heterocycles. The molecule has 4 heterocycles. The van der Waals surface area contributed by atoms with Gasteiger partial charge in [-0.25, -0.2) is 24.9 Å². The van der Waals surface area contributed by atoms with Gasteiger partial charge in [0, 0.05) is 58.1 Å². The average molecular weight is 828 g/mol. The van der Waals surface area contributed by atoms with E-state index in [1.54, 1.807) is 22.7 Å². The van der Waals surface area contributed by atoms with Crippen LogP contribution in [-0.2, 0) is 0 Å². The normalized spacial score (nSPS) is 11.5. The Hall–Kier alpha value is -7.71. The van der Waals surface area contributed by atoms with Crippen LogP contribution in [0.4, 0.5) is 0 Å². The number of hydrogen-bond donors (Lipinski definition) is 0. The van der Waals surface area contributed by atoms with E-state index in [4.69, 9.17) is 24.9 Å². The zero-order chi connectivity index (χ0) is 41.0. The van der Waals surface area contributed by atoms with Crippen molar-refractivity contribution in [3.05, 3.63) is 200 Å². The summed E-state index contributed by atoms with van der Waals surface area (Å²) in [5.74, 6) is 2.66. The molecule has 12 aromatic rings. The molecule has 0 atom stereocenters. The lowest BCUT2D eigenvalue weighted by atomic mass is 9.99. The highest BCUT2D eigenvalue weighted by molar-refractivity contribution is 7.26. The molecule has 5 nitrogen and oxygen atoms in total. The first-order valence-electron chi connectivity index (χ1n) is 20.5. The van der Waals surface area contributed by atoms with Gasteiger partial charge in [-0.05, 0) is 52.6 Å². The molecule has 0 fully saturated rings. The van der Waals surface area contributed by atoms with Crippen LogP contribution >= 0.6 is 22.7 Å². The summed E-state index contributed by atoms with van der Waals surface area (Å²) in [6.07, 6.45) is 0. The number of aromatic nitrogens is 5. The number of fused-ring (bicyclic) bond motifs is 6. The third-order valence-electron chi connectivity index (χ3n) is 11.4. The predicted molar refractivity (Wildman–Crippen MR) is 259 cm³/mol. The summed E-state index contributed by atoms with van der Waals surface area (Å²) in [7, 11) is 0. The quantitative estimate of drug-likeness (QED) is 0.160. The second-order valence-electron chi connectivity index (χ2n) is 15.2. The molecule has 0 aliphatic rings. The first-order chi connectivity index (χ1) is 30.7. The standard InChI is InChI=1S/C55H33N5S2/c1-4-15-34(16-5-1)37-21-12-23-40(31-37)49-51-50(43-25-10-11-27-45(43)62-51)57-54(56-49)41-24-13-22-38(32-41)39-29-30-42-47(33-39)61-46-28-14-26-44(48(42)46)55-59-52(35-17-6-2-7-18-35)58-53(60-55)36-19-8-3-9-20-36/h1-33H. The molecular formula is C55H33N5S2. The van der Waals surface area contributed by atoms with E-state index in [0.717, 1.165) is 71.2 Å². The van der Waals surface area contributed by atoms with E-state index >= 15 is 0 Å². The van der Waals surface area contributed by atoms with E-state index in [0.29, 0.717) is 23.3 Å². The molecule has 62 heavy (non-hydrogen) atoms. The lowest BCUT2D eigenvalue weighted by Gasteiger charge is -2.10. The van der Waals surface area contributed by atoms with Crippen molar-refractivity contribution in [1.82, 2.24) is 24.9 Å². The summed E-state index contributed by atoms with van der Waals surface area (Å²) in [6.45, 7) is 0. The molecule has 0 saturated carbocycles. The predicted octanol–water partition coefficient (Wildman–Crippen LogP) is 15.1. The third-order valence-corrected chi connectivity index (χ3v) is 13.6.